The van der Waals surface area contributed by atoms with Crippen LogP contribution in [0.4, 0.5) is 0 Å². The van der Waals surface area contributed by atoms with E-state index in [-0.39, 0.29) is 5.92 Å². The molecule has 1 aromatic heterocycles. The normalized spacial score (nSPS) is 27.0. The van der Waals surface area contributed by atoms with Crippen molar-refractivity contribution in [2.75, 3.05) is 13.7 Å². The minimum Gasteiger partial charge on any atom is -0.467 e. The molecule has 0 amide bonds. The zero-order valence-corrected chi connectivity index (χ0v) is 19.0. The van der Waals surface area contributed by atoms with Crippen molar-refractivity contribution in [3.05, 3.63) is 65.2 Å². The third-order valence-corrected chi connectivity index (χ3v) is 7.33. The van der Waals surface area contributed by atoms with E-state index in [0.717, 1.165) is 32.3 Å². The second-order valence-corrected chi connectivity index (χ2v) is 9.92. The van der Waals surface area contributed by atoms with E-state index >= 15 is 0 Å². The van der Waals surface area contributed by atoms with E-state index in [1.54, 1.807) is 18.4 Å². The molecule has 1 saturated carbocycles. The van der Waals surface area contributed by atoms with Crippen LogP contribution in [0, 0.1) is 0 Å². The van der Waals surface area contributed by atoms with Gasteiger partial charge in [-0.3, -0.25) is 0 Å². The number of benzene rings is 2. The van der Waals surface area contributed by atoms with Crippen LogP contribution in [0.3, 0.4) is 0 Å². The number of nitrogens with zero attached hydrogens (tertiary/aromatic N) is 3. The highest BCUT2D eigenvalue weighted by Crippen LogP contribution is 2.47. The summed E-state index contributed by atoms with van der Waals surface area (Å²) in [5.74, 6) is 0.0268. The summed E-state index contributed by atoms with van der Waals surface area (Å²) in [5.41, 5.74) is 9.55. The van der Waals surface area contributed by atoms with Crippen molar-refractivity contribution in [3.8, 4) is 21.7 Å². The molecular formula is C25H26N4O2S. The summed E-state index contributed by atoms with van der Waals surface area (Å²) in [7, 11) is 1.57. The highest BCUT2D eigenvalue weighted by molar-refractivity contribution is 7.15. The number of thiazole rings is 1. The number of rotatable bonds is 4. The number of hydrogen-bond donors (Lipinski definition) is 2. The molecule has 0 spiro atoms. The SMILES string of the molecule is COC1=NCC(c2nc(-c3ccc([C@]4(N)C[C@](C)(O)C4)cc3)c(-c3ccccc3)s2)C=N1. The molecule has 164 valence electrons. The fourth-order valence-corrected chi connectivity index (χ4v) is 5.77. The minimum absolute atomic E-state index is 0.0268. The number of hydrogen-bond acceptors (Lipinski definition) is 7. The summed E-state index contributed by atoms with van der Waals surface area (Å²) in [6, 6.07) is 19.0. The number of nitrogens with two attached hydrogens (primary N) is 1. The van der Waals surface area contributed by atoms with Gasteiger partial charge in [-0.1, -0.05) is 54.6 Å². The highest BCUT2D eigenvalue weighted by Gasteiger charge is 2.49. The summed E-state index contributed by atoms with van der Waals surface area (Å²) < 4.78 is 5.12. The van der Waals surface area contributed by atoms with E-state index in [2.05, 4.69) is 46.4 Å². The quantitative estimate of drug-likeness (QED) is 0.623. The van der Waals surface area contributed by atoms with Crippen molar-refractivity contribution in [2.24, 2.45) is 15.7 Å². The average Bonchev–Trinajstić information content (AvgIpc) is 3.24. The predicted octanol–water partition coefficient (Wildman–Crippen LogP) is 4.35. The van der Waals surface area contributed by atoms with Crippen LogP contribution in [-0.4, -0.2) is 41.6 Å². The van der Waals surface area contributed by atoms with E-state index in [0.29, 0.717) is 25.4 Å². The third-order valence-electron chi connectivity index (χ3n) is 6.09. The molecule has 5 rings (SSSR count). The first-order chi connectivity index (χ1) is 15.4. The smallest absolute Gasteiger partial charge is 0.311 e. The maximum absolute atomic E-state index is 10.1. The monoisotopic (exact) mass is 446 g/mol. The number of aromatic nitrogens is 1. The van der Waals surface area contributed by atoms with Gasteiger partial charge in [0.2, 0.25) is 0 Å². The van der Waals surface area contributed by atoms with E-state index in [1.165, 1.54) is 0 Å². The van der Waals surface area contributed by atoms with Crippen LogP contribution < -0.4 is 5.73 Å². The van der Waals surface area contributed by atoms with Crippen molar-refractivity contribution in [1.29, 1.82) is 0 Å². The molecule has 32 heavy (non-hydrogen) atoms. The number of methoxy groups -OCH3 is 1. The largest absolute Gasteiger partial charge is 0.467 e. The first kappa shape index (κ1) is 21.0. The zero-order chi connectivity index (χ0) is 22.3. The molecule has 1 aliphatic carbocycles. The third kappa shape index (κ3) is 3.88. The van der Waals surface area contributed by atoms with Crippen molar-refractivity contribution in [1.82, 2.24) is 4.98 Å². The van der Waals surface area contributed by atoms with Gasteiger partial charge in [0.25, 0.3) is 0 Å². The molecule has 3 aromatic rings. The minimum atomic E-state index is -0.676. The second-order valence-electron chi connectivity index (χ2n) is 8.89. The van der Waals surface area contributed by atoms with Crippen LogP contribution in [0.1, 0.15) is 36.3 Å². The molecule has 2 aromatic carbocycles. The maximum atomic E-state index is 10.1. The van der Waals surface area contributed by atoms with Crippen molar-refractivity contribution in [3.63, 3.8) is 0 Å². The zero-order valence-electron chi connectivity index (χ0n) is 18.2. The van der Waals surface area contributed by atoms with Gasteiger partial charge >= 0.3 is 6.02 Å². The molecule has 1 fully saturated rings. The van der Waals surface area contributed by atoms with Crippen molar-refractivity contribution >= 4 is 23.6 Å². The lowest BCUT2D eigenvalue weighted by Crippen LogP contribution is -2.58. The molecule has 0 radical (unpaired) electrons. The molecule has 1 atom stereocenters. The fourth-order valence-electron chi connectivity index (χ4n) is 4.62. The van der Waals surface area contributed by atoms with E-state index < -0.39 is 11.1 Å². The Labute approximate surface area is 191 Å². The van der Waals surface area contributed by atoms with E-state index in [9.17, 15) is 5.11 Å². The summed E-state index contributed by atoms with van der Waals surface area (Å²) in [6.45, 7) is 2.41. The highest BCUT2D eigenvalue weighted by atomic mass is 32.1. The number of ether oxygens (including phenoxy) is 1. The van der Waals surface area contributed by atoms with Crippen LogP contribution in [0.15, 0.2) is 64.6 Å². The molecule has 7 heteroatoms. The Kier molecular flexibility index (Phi) is 5.20. The van der Waals surface area contributed by atoms with Crippen LogP contribution in [-0.2, 0) is 10.3 Å². The number of aliphatic hydroxyl groups is 1. The summed E-state index contributed by atoms with van der Waals surface area (Å²) in [4.78, 5) is 14.8. The standard InChI is InChI=1S/C25H26N4O2S/c1-24(30)14-25(26,15-24)19-10-8-16(9-11-19)20-21(17-6-4-3-5-7-17)32-22(29-20)18-12-27-23(31-2)28-13-18/h3-12,18,30H,13-15,26H2,1-2H3/t18?,24-,25-. The van der Waals surface area contributed by atoms with Crippen LogP contribution >= 0.6 is 11.3 Å². The molecule has 0 bridgehead atoms. The van der Waals surface area contributed by atoms with E-state index in [1.807, 2.05) is 31.3 Å². The van der Waals surface area contributed by atoms with Gasteiger partial charge < -0.3 is 15.6 Å². The Morgan fingerprint density at radius 1 is 1.06 bits per heavy atom. The average molecular weight is 447 g/mol. The molecule has 2 heterocycles. The lowest BCUT2D eigenvalue weighted by molar-refractivity contribution is -0.0738. The van der Waals surface area contributed by atoms with Gasteiger partial charge in [0.1, 0.15) is 5.01 Å². The van der Waals surface area contributed by atoms with Gasteiger partial charge in [0, 0.05) is 17.3 Å². The first-order valence-electron chi connectivity index (χ1n) is 10.7. The molecular weight excluding hydrogens is 420 g/mol. The number of aliphatic imine (C=N–C) groups is 2. The molecule has 1 unspecified atom stereocenters. The van der Waals surface area contributed by atoms with Crippen LogP contribution in [0.2, 0.25) is 0 Å². The second kappa shape index (κ2) is 7.92. The van der Waals surface area contributed by atoms with Crippen molar-refractivity contribution < 1.29 is 9.84 Å². The lowest BCUT2D eigenvalue weighted by atomic mass is 9.63. The Morgan fingerprint density at radius 2 is 1.78 bits per heavy atom. The van der Waals surface area contributed by atoms with Gasteiger partial charge in [0.05, 0.1) is 35.7 Å². The lowest BCUT2D eigenvalue weighted by Gasteiger charge is -2.49. The summed E-state index contributed by atoms with van der Waals surface area (Å²) >= 11 is 1.68. The van der Waals surface area contributed by atoms with Gasteiger partial charge in [-0.15, -0.1) is 11.3 Å². The Hall–Kier alpha value is -2.87. The summed E-state index contributed by atoms with van der Waals surface area (Å²) in [5, 5.41) is 11.1. The van der Waals surface area contributed by atoms with Gasteiger partial charge in [0.15, 0.2) is 0 Å². The van der Waals surface area contributed by atoms with Crippen LogP contribution in [0.25, 0.3) is 21.7 Å². The maximum Gasteiger partial charge on any atom is 0.311 e. The van der Waals surface area contributed by atoms with Gasteiger partial charge in [-0.2, -0.15) is 0 Å². The molecule has 6 nitrogen and oxygen atoms in total. The molecule has 1 aliphatic heterocycles. The van der Waals surface area contributed by atoms with Crippen molar-refractivity contribution in [2.45, 2.75) is 36.8 Å². The Morgan fingerprint density at radius 3 is 2.38 bits per heavy atom. The Bertz CT molecular complexity index is 1170. The van der Waals surface area contributed by atoms with Crippen LogP contribution in [0.5, 0.6) is 0 Å². The molecule has 0 saturated heterocycles. The molecule has 2 aliphatic rings. The predicted molar refractivity (Wildman–Crippen MR) is 129 cm³/mol. The van der Waals surface area contributed by atoms with Gasteiger partial charge in [-0.05, 0) is 30.9 Å². The molecule has 3 N–H and O–H groups in total. The van der Waals surface area contributed by atoms with Gasteiger partial charge in [-0.25, -0.2) is 15.0 Å². The Balaban J connectivity index is 1.50. The number of amidine groups is 1. The first-order valence-corrected chi connectivity index (χ1v) is 11.5. The summed E-state index contributed by atoms with van der Waals surface area (Å²) in [6.07, 6.45) is 3.01. The fraction of sp³-hybridized carbons (Fsp3) is 0.320. The topological polar surface area (TPSA) is 93.1 Å². The van der Waals surface area contributed by atoms with E-state index in [4.69, 9.17) is 15.5 Å².